The Balaban J connectivity index is 2.79. The normalized spacial score (nSPS) is 9.74. The van der Waals surface area contributed by atoms with Crippen LogP contribution in [0.1, 0.15) is 5.69 Å². The molecule has 1 aromatic heterocycles. The molecule has 102 valence electrons. The van der Waals surface area contributed by atoms with E-state index < -0.39 is 31.0 Å². The van der Waals surface area contributed by atoms with E-state index in [9.17, 15) is 14.4 Å². The van der Waals surface area contributed by atoms with Gasteiger partial charge in [0, 0.05) is 6.20 Å². The minimum Gasteiger partial charge on any atom is -0.480 e. The van der Waals surface area contributed by atoms with Gasteiger partial charge in [-0.2, -0.15) is 0 Å². The first-order valence-electron chi connectivity index (χ1n) is 5.37. The molecule has 8 heteroatoms. The summed E-state index contributed by atoms with van der Waals surface area (Å²) in [5, 5.41) is 11.2. The second kappa shape index (κ2) is 6.34. The number of aryl methyl sites for hydroxylation is 1. The fourth-order valence-corrected chi connectivity index (χ4v) is 1.36. The number of urea groups is 1. The fourth-order valence-electron chi connectivity index (χ4n) is 1.36. The second-order valence-corrected chi connectivity index (χ2v) is 3.78. The van der Waals surface area contributed by atoms with E-state index in [1.165, 1.54) is 0 Å². The third-order valence-corrected chi connectivity index (χ3v) is 2.21. The molecule has 0 radical (unpaired) electrons. The lowest BCUT2D eigenvalue weighted by Gasteiger charge is -2.19. The largest absolute Gasteiger partial charge is 0.480 e. The fraction of sp³-hybridized carbons (Fsp3) is 0.273. The van der Waals surface area contributed by atoms with Crippen molar-refractivity contribution in [2.45, 2.75) is 6.92 Å². The van der Waals surface area contributed by atoms with Gasteiger partial charge >= 0.3 is 12.0 Å². The highest BCUT2D eigenvalue weighted by Gasteiger charge is 2.19. The highest BCUT2D eigenvalue weighted by atomic mass is 16.4. The molecule has 0 saturated heterocycles. The Hall–Kier alpha value is -2.64. The van der Waals surface area contributed by atoms with Crippen LogP contribution in [0, 0.1) is 6.92 Å². The first kappa shape index (κ1) is 14.4. The van der Waals surface area contributed by atoms with E-state index in [-0.39, 0.29) is 0 Å². The molecule has 0 aliphatic rings. The Morgan fingerprint density at radius 1 is 1.42 bits per heavy atom. The number of rotatable bonds is 5. The summed E-state index contributed by atoms with van der Waals surface area (Å²) >= 11 is 0. The summed E-state index contributed by atoms with van der Waals surface area (Å²) in [7, 11) is 0. The van der Waals surface area contributed by atoms with Crippen LogP contribution in [0.3, 0.4) is 0 Å². The molecule has 8 nitrogen and oxygen atoms in total. The van der Waals surface area contributed by atoms with Gasteiger partial charge in [0.2, 0.25) is 5.91 Å². The predicted octanol–water partition coefficient (Wildman–Crippen LogP) is -0.206. The number of primary amides is 1. The smallest absolute Gasteiger partial charge is 0.323 e. The Labute approximate surface area is 109 Å². The summed E-state index contributed by atoms with van der Waals surface area (Å²) in [6.45, 7) is 0.594. The van der Waals surface area contributed by atoms with Crippen LogP contribution in [0.4, 0.5) is 10.5 Å². The van der Waals surface area contributed by atoms with Gasteiger partial charge in [0.1, 0.15) is 13.1 Å². The average molecular weight is 266 g/mol. The van der Waals surface area contributed by atoms with Crippen molar-refractivity contribution in [3.63, 3.8) is 0 Å². The zero-order valence-electron chi connectivity index (χ0n) is 10.3. The van der Waals surface area contributed by atoms with E-state index in [1.54, 1.807) is 25.3 Å². The Morgan fingerprint density at radius 2 is 2.11 bits per heavy atom. The highest BCUT2D eigenvalue weighted by Crippen LogP contribution is 2.11. The van der Waals surface area contributed by atoms with Crippen LogP contribution < -0.4 is 11.1 Å². The molecule has 0 saturated carbocycles. The maximum absolute atomic E-state index is 11.9. The standard InChI is InChI=1S/C11H14N4O4/c1-7-8(3-2-4-13-7)14-11(19)15(5-9(12)16)6-10(17)18/h2-4H,5-6H2,1H3,(H2,12,16)(H,14,19)(H,17,18). The van der Waals surface area contributed by atoms with Gasteiger partial charge in [-0.15, -0.1) is 0 Å². The van der Waals surface area contributed by atoms with Crippen LogP contribution in [0.25, 0.3) is 0 Å². The molecule has 0 atom stereocenters. The predicted molar refractivity (Wildman–Crippen MR) is 66.4 cm³/mol. The molecule has 0 aliphatic heterocycles. The Morgan fingerprint density at radius 3 is 2.63 bits per heavy atom. The molecule has 0 fully saturated rings. The zero-order valence-corrected chi connectivity index (χ0v) is 10.3. The van der Waals surface area contributed by atoms with Crippen LogP contribution in [-0.2, 0) is 9.59 Å². The number of carboxylic acids is 1. The quantitative estimate of drug-likeness (QED) is 0.680. The van der Waals surface area contributed by atoms with E-state index in [1.807, 2.05) is 0 Å². The average Bonchev–Trinajstić information content (AvgIpc) is 2.30. The van der Waals surface area contributed by atoms with E-state index in [2.05, 4.69) is 10.3 Å². The number of carbonyl (C=O) groups excluding carboxylic acids is 2. The SMILES string of the molecule is Cc1ncccc1NC(=O)N(CC(N)=O)CC(=O)O. The summed E-state index contributed by atoms with van der Waals surface area (Å²) in [5.74, 6) is -2.03. The first-order chi connectivity index (χ1) is 8.90. The summed E-state index contributed by atoms with van der Waals surface area (Å²) in [4.78, 5) is 38.1. The van der Waals surface area contributed by atoms with Crippen LogP contribution in [0.2, 0.25) is 0 Å². The number of carbonyl (C=O) groups is 3. The van der Waals surface area contributed by atoms with Crippen LogP contribution >= 0.6 is 0 Å². The molecule has 3 amide bonds. The molecule has 1 aromatic rings. The molecule has 1 heterocycles. The number of nitrogens with two attached hydrogens (primary N) is 1. The topological polar surface area (TPSA) is 126 Å². The lowest BCUT2D eigenvalue weighted by Crippen LogP contribution is -2.43. The first-order valence-corrected chi connectivity index (χ1v) is 5.37. The number of hydrogen-bond acceptors (Lipinski definition) is 4. The molecule has 0 bridgehead atoms. The van der Waals surface area contributed by atoms with Crippen molar-refractivity contribution in [2.24, 2.45) is 5.73 Å². The van der Waals surface area contributed by atoms with E-state index in [0.717, 1.165) is 4.90 Å². The van der Waals surface area contributed by atoms with Gasteiger partial charge < -0.3 is 21.1 Å². The van der Waals surface area contributed by atoms with Crippen LogP contribution in [-0.4, -0.2) is 46.0 Å². The number of pyridine rings is 1. The van der Waals surface area contributed by atoms with Crippen molar-refractivity contribution < 1.29 is 19.5 Å². The minimum atomic E-state index is -1.24. The molecule has 0 aliphatic carbocycles. The number of aliphatic carboxylic acids is 1. The van der Waals surface area contributed by atoms with Crippen LogP contribution in [0.15, 0.2) is 18.3 Å². The summed E-state index contributed by atoms with van der Waals surface area (Å²) in [6, 6.07) is 2.51. The molecule has 1 rings (SSSR count). The second-order valence-electron chi connectivity index (χ2n) is 3.78. The molecule has 19 heavy (non-hydrogen) atoms. The van der Waals surface area contributed by atoms with Crippen LogP contribution in [0.5, 0.6) is 0 Å². The van der Waals surface area contributed by atoms with E-state index in [4.69, 9.17) is 10.8 Å². The Kier molecular flexibility index (Phi) is 4.81. The number of hydrogen-bond donors (Lipinski definition) is 3. The number of nitrogens with one attached hydrogen (secondary N) is 1. The number of aromatic nitrogens is 1. The number of anilines is 1. The summed E-state index contributed by atoms with van der Waals surface area (Å²) in [6.07, 6.45) is 1.56. The molecular formula is C11H14N4O4. The van der Waals surface area contributed by atoms with Gasteiger partial charge in [-0.05, 0) is 19.1 Å². The van der Waals surface area contributed by atoms with Crippen molar-refractivity contribution in [1.29, 1.82) is 0 Å². The van der Waals surface area contributed by atoms with Crippen molar-refractivity contribution in [1.82, 2.24) is 9.88 Å². The van der Waals surface area contributed by atoms with Gasteiger partial charge in [-0.1, -0.05) is 0 Å². The van der Waals surface area contributed by atoms with Crippen molar-refractivity contribution in [3.05, 3.63) is 24.0 Å². The third kappa shape index (κ3) is 4.62. The van der Waals surface area contributed by atoms with Gasteiger partial charge in [0.15, 0.2) is 0 Å². The monoisotopic (exact) mass is 266 g/mol. The Bertz CT molecular complexity index is 487. The van der Waals surface area contributed by atoms with Crippen molar-refractivity contribution in [2.75, 3.05) is 18.4 Å². The molecule has 4 N–H and O–H groups in total. The number of carboxylic acid groups (broad SMARTS) is 1. The van der Waals surface area contributed by atoms with Crippen molar-refractivity contribution >= 4 is 23.6 Å². The van der Waals surface area contributed by atoms with Gasteiger partial charge in [-0.3, -0.25) is 14.6 Å². The molecular weight excluding hydrogens is 252 g/mol. The number of nitrogens with zero attached hydrogens (tertiary/aromatic N) is 2. The lowest BCUT2D eigenvalue weighted by atomic mass is 10.3. The maximum Gasteiger partial charge on any atom is 0.323 e. The van der Waals surface area contributed by atoms with Crippen molar-refractivity contribution in [3.8, 4) is 0 Å². The minimum absolute atomic E-state index is 0.437. The summed E-state index contributed by atoms with van der Waals surface area (Å²) in [5.41, 5.74) is 5.98. The molecule has 0 unspecified atom stereocenters. The molecule has 0 spiro atoms. The summed E-state index contributed by atoms with van der Waals surface area (Å²) < 4.78 is 0. The lowest BCUT2D eigenvalue weighted by molar-refractivity contribution is -0.137. The van der Waals surface area contributed by atoms with Gasteiger partial charge in [-0.25, -0.2) is 4.79 Å². The number of amides is 3. The maximum atomic E-state index is 11.9. The highest BCUT2D eigenvalue weighted by molar-refractivity contribution is 5.94. The van der Waals surface area contributed by atoms with Gasteiger partial charge in [0.05, 0.1) is 11.4 Å². The van der Waals surface area contributed by atoms with E-state index >= 15 is 0 Å². The molecule has 0 aromatic carbocycles. The third-order valence-electron chi connectivity index (χ3n) is 2.21. The zero-order chi connectivity index (χ0) is 14.4. The van der Waals surface area contributed by atoms with E-state index in [0.29, 0.717) is 11.4 Å². The van der Waals surface area contributed by atoms with Gasteiger partial charge in [0.25, 0.3) is 0 Å².